The van der Waals surface area contributed by atoms with E-state index in [1.54, 1.807) is 0 Å². The lowest BCUT2D eigenvalue weighted by molar-refractivity contribution is 0.0509. The Balaban J connectivity index is 1.77. The molecule has 1 saturated carbocycles. The fraction of sp³-hybridized carbons (Fsp3) is 0.941. The molecule has 3 N–H and O–H groups in total. The Morgan fingerprint density at radius 1 is 1.14 bits per heavy atom. The van der Waals surface area contributed by atoms with E-state index in [0.717, 1.165) is 19.6 Å². The number of rotatable bonds is 4. The molecule has 2 fully saturated rings. The number of hydrogen-bond donors (Lipinski definition) is 3. The van der Waals surface area contributed by atoms with Gasteiger partial charge in [-0.05, 0) is 65.5 Å². The van der Waals surface area contributed by atoms with Crippen LogP contribution >= 0.6 is 0 Å². The predicted molar refractivity (Wildman–Crippen MR) is 89.0 cm³/mol. The fourth-order valence-corrected chi connectivity index (χ4v) is 3.49. The lowest BCUT2D eigenvalue weighted by Crippen LogP contribution is -2.50. The van der Waals surface area contributed by atoms with E-state index in [1.807, 2.05) is 20.8 Å². The van der Waals surface area contributed by atoms with Gasteiger partial charge in [0.15, 0.2) is 0 Å². The number of carbonyl (C=O) groups excluding carboxylic acids is 1. The Hall–Kier alpha value is -0.810. The average Bonchev–Trinajstić information content (AvgIpc) is 2.46. The first kappa shape index (κ1) is 17.5. The van der Waals surface area contributed by atoms with Crippen LogP contribution in [0.5, 0.6) is 0 Å². The van der Waals surface area contributed by atoms with E-state index >= 15 is 0 Å². The monoisotopic (exact) mass is 311 g/mol. The highest BCUT2D eigenvalue weighted by Crippen LogP contribution is 2.25. The molecule has 0 spiro atoms. The molecule has 22 heavy (non-hydrogen) atoms. The second-order valence-electron chi connectivity index (χ2n) is 7.72. The first-order valence-corrected chi connectivity index (χ1v) is 8.87. The molecule has 0 aromatic rings. The lowest BCUT2D eigenvalue weighted by atomic mass is 9.83. The summed E-state index contributed by atoms with van der Waals surface area (Å²) < 4.78 is 5.34. The van der Waals surface area contributed by atoms with E-state index in [4.69, 9.17) is 4.74 Å². The van der Waals surface area contributed by atoms with E-state index in [0.29, 0.717) is 18.0 Å². The summed E-state index contributed by atoms with van der Waals surface area (Å²) in [4.78, 5) is 11.8. The third kappa shape index (κ3) is 6.13. The summed E-state index contributed by atoms with van der Waals surface area (Å²) in [5.74, 6) is 0.524. The van der Waals surface area contributed by atoms with Crippen molar-refractivity contribution in [3.05, 3.63) is 0 Å². The molecule has 1 aliphatic carbocycles. The molecule has 1 aliphatic heterocycles. The van der Waals surface area contributed by atoms with Gasteiger partial charge >= 0.3 is 6.09 Å². The highest BCUT2D eigenvalue weighted by atomic mass is 16.6. The van der Waals surface area contributed by atoms with Crippen molar-refractivity contribution in [1.82, 2.24) is 16.0 Å². The van der Waals surface area contributed by atoms with E-state index in [9.17, 15) is 4.79 Å². The van der Waals surface area contributed by atoms with Crippen LogP contribution < -0.4 is 16.0 Å². The SMILES string of the molecule is CC(C)(C)OC(=O)NCC1CCCCC1NC1CCNCC1. The minimum atomic E-state index is -0.427. The van der Waals surface area contributed by atoms with Crippen molar-refractivity contribution in [1.29, 1.82) is 0 Å². The Kier molecular flexibility index (Phi) is 6.50. The molecule has 1 heterocycles. The number of ether oxygens (including phenoxy) is 1. The number of carbonyl (C=O) groups is 1. The predicted octanol–water partition coefficient (Wildman–Crippen LogP) is 2.41. The molecule has 2 unspecified atom stereocenters. The third-order valence-electron chi connectivity index (χ3n) is 4.61. The maximum Gasteiger partial charge on any atom is 0.407 e. The Bertz CT molecular complexity index is 348. The second kappa shape index (κ2) is 8.16. The number of hydrogen-bond acceptors (Lipinski definition) is 4. The Morgan fingerprint density at radius 2 is 1.82 bits per heavy atom. The first-order chi connectivity index (χ1) is 10.4. The number of alkyl carbamates (subject to hydrolysis) is 1. The van der Waals surface area contributed by atoms with Crippen LogP contribution in [0.1, 0.15) is 59.3 Å². The van der Waals surface area contributed by atoms with Crippen molar-refractivity contribution >= 4 is 6.09 Å². The van der Waals surface area contributed by atoms with Gasteiger partial charge in [-0.3, -0.25) is 0 Å². The molecular formula is C17H33N3O2. The smallest absolute Gasteiger partial charge is 0.407 e. The topological polar surface area (TPSA) is 62.4 Å². The highest BCUT2D eigenvalue weighted by molar-refractivity contribution is 5.67. The summed E-state index contributed by atoms with van der Waals surface area (Å²) in [6, 6.07) is 1.17. The molecule has 2 aliphatic rings. The van der Waals surface area contributed by atoms with Gasteiger partial charge in [-0.15, -0.1) is 0 Å². The van der Waals surface area contributed by atoms with Crippen LogP contribution in [0.15, 0.2) is 0 Å². The number of piperidine rings is 1. The average molecular weight is 311 g/mol. The van der Waals surface area contributed by atoms with Gasteiger partial charge in [0, 0.05) is 18.6 Å². The van der Waals surface area contributed by atoms with E-state index in [1.165, 1.54) is 38.5 Å². The third-order valence-corrected chi connectivity index (χ3v) is 4.61. The molecule has 0 aromatic carbocycles. The van der Waals surface area contributed by atoms with Crippen LogP contribution in [-0.4, -0.2) is 43.4 Å². The van der Waals surface area contributed by atoms with E-state index in [-0.39, 0.29) is 6.09 Å². The molecule has 0 aromatic heterocycles. The molecule has 5 heteroatoms. The zero-order valence-corrected chi connectivity index (χ0v) is 14.4. The van der Waals surface area contributed by atoms with Crippen LogP contribution in [-0.2, 0) is 4.74 Å². The molecule has 1 amide bonds. The van der Waals surface area contributed by atoms with Crippen LogP contribution in [0.25, 0.3) is 0 Å². The lowest BCUT2D eigenvalue weighted by Gasteiger charge is -2.36. The summed E-state index contributed by atoms with van der Waals surface area (Å²) in [7, 11) is 0. The summed E-state index contributed by atoms with van der Waals surface area (Å²) >= 11 is 0. The van der Waals surface area contributed by atoms with Gasteiger partial charge in [0.05, 0.1) is 0 Å². The summed E-state index contributed by atoms with van der Waals surface area (Å²) in [5.41, 5.74) is -0.427. The van der Waals surface area contributed by atoms with Gasteiger partial charge in [0.25, 0.3) is 0 Å². The molecule has 128 valence electrons. The van der Waals surface area contributed by atoms with Crippen molar-refractivity contribution < 1.29 is 9.53 Å². The van der Waals surface area contributed by atoms with Crippen molar-refractivity contribution in [2.75, 3.05) is 19.6 Å². The van der Waals surface area contributed by atoms with Crippen LogP contribution in [0.4, 0.5) is 4.79 Å². The van der Waals surface area contributed by atoms with Gasteiger partial charge in [0.2, 0.25) is 0 Å². The number of amides is 1. The van der Waals surface area contributed by atoms with Crippen molar-refractivity contribution in [3.8, 4) is 0 Å². The molecule has 2 atom stereocenters. The quantitative estimate of drug-likeness (QED) is 0.746. The molecule has 1 saturated heterocycles. The maximum absolute atomic E-state index is 11.8. The Morgan fingerprint density at radius 3 is 2.50 bits per heavy atom. The highest BCUT2D eigenvalue weighted by Gasteiger charge is 2.28. The zero-order chi connectivity index (χ0) is 16.0. The number of nitrogens with one attached hydrogen (secondary N) is 3. The van der Waals surface area contributed by atoms with Gasteiger partial charge in [-0.1, -0.05) is 12.8 Å². The molecular weight excluding hydrogens is 278 g/mol. The van der Waals surface area contributed by atoms with Crippen LogP contribution in [0.3, 0.4) is 0 Å². The summed E-state index contributed by atoms with van der Waals surface area (Å²) in [5, 5.41) is 10.2. The molecule has 5 nitrogen and oxygen atoms in total. The summed E-state index contributed by atoms with van der Waals surface area (Å²) in [6.45, 7) is 8.64. The summed E-state index contributed by atoms with van der Waals surface area (Å²) in [6.07, 6.45) is 7.11. The zero-order valence-electron chi connectivity index (χ0n) is 14.4. The van der Waals surface area contributed by atoms with Crippen molar-refractivity contribution in [2.24, 2.45) is 5.92 Å². The van der Waals surface area contributed by atoms with Gasteiger partial charge in [-0.25, -0.2) is 4.79 Å². The van der Waals surface area contributed by atoms with Gasteiger partial charge in [0.1, 0.15) is 5.60 Å². The fourth-order valence-electron chi connectivity index (χ4n) is 3.49. The first-order valence-electron chi connectivity index (χ1n) is 8.87. The standard InChI is InChI=1S/C17H33N3O2/c1-17(2,3)22-16(21)19-12-13-6-4-5-7-15(13)20-14-8-10-18-11-9-14/h13-15,18,20H,4-12H2,1-3H3,(H,19,21). The molecule has 0 bridgehead atoms. The normalized spacial score (nSPS) is 27.4. The minimum absolute atomic E-state index is 0.293. The van der Waals surface area contributed by atoms with Crippen molar-refractivity contribution in [3.63, 3.8) is 0 Å². The van der Waals surface area contributed by atoms with Crippen molar-refractivity contribution in [2.45, 2.75) is 77.0 Å². The van der Waals surface area contributed by atoms with Crippen LogP contribution in [0, 0.1) is 5.92 Å². The van der Waals surface area contributed by atoms with Crippen LogP contribution in [0.2, 0.25) is 0 Å². The molecule has 0 radical (unpaired) electrons. The van der Waals surface area contributed by atoms with E-state index in [2.05, 4.69) is 16.0 Å². The van der Waals surface area contributed by atoms with Gasteiger partial charge < -0.3 is 20.7 Å². The minimum Gasteiger partial charge on any atom is -0.444 e. The second-order valence-corrected chi connectivity index (χ2v) is 7.72. The van der Waals surface area contributed by atoms with E-state index < -0.39 is 5.60 Å². The Labute approximate surface area is 134 Å². The van der Waals surface area contributed by atoms with Gasteiger partial charge in [-0.2, -0.15) is 0 Å². The molecule has 2 rings (SSSR count). The largest absolute Gasteiger partial charge is 0.444 e. The maximum atomic E-state index is 11.8.